The molecule has 1 unspecified atom stereocenters. The number of rotatable bonds is 2. The van der Waals surface area contributed by atoms with Crippen LogP contribution in [0.2, 0.25) is 0 Å². The van der Waals surface area contributed by atoms with Crippen molar-refractivity contribution in [3.05, 3.63) is 0 Å². The van der Waals surface area contributed by atoms with Crippen molar-refractivity contribution >= 4 is 5.91 Å². The number of carbonyl (C=O) groups excluding carboxylic acids is 1. The molecule has 0 aliphatic carbocycles. The highest BCUT2D eigenvalue weighted by Crippen LogP contribution is 2.12. The van der Waals surface area contributed by atoms with Gasteiger partial charge in [-0.15, -0.1) is 0 Å². The van der Waals surface area contributed by atoms with E-state index in [4.69, 9.17) is 0 Å². The van der Waals surface area contributed by atoms with Gasteiger partial charge in [0.05, 0.1) is 0 Å². The molecule has 9 heavy (non-hydrogen) atoms. The molecule has 1 atom stereocenters. The van der Waals surface area contributed by atoms with Gasteiger partial charge >= 0.3 is 0 Å². The lowest BCUT2D eigenvalue weighted by Crippen LogP contribution is -2.32. The van der Waals surface area contributed by atoms with Gasteiger partial charge in [-0.3, -0.25) is 4.79 Å². The molecule has 1 amide bonds. The van der Waals surface area contributed by atoms with E-state index < -0.39 is 0 Å². The van der Waals surface area contributed by atoms with Crippen LogP contribution in [0, 0.1) is 0 Å². The maximum Gasteiger partial charge on any atom is 0.216 e. The summed E-state index contributed by atoms with van der Waals surface area (Å²) in [7, 11) is 0. The lowest BCUT2D eigenvalue weighted by Gasteiger charge is -2.05. The van der Waals surface area contributed by atoms with Gasteiger partial charge in [0, 0.05) is 25.6 Å². The fraction of sp³-hybridized carbons (Fsp3) is 0.833. The highest BCUT2D eigenvalue weighted by atomic mass is 16.1. The molecule has 1 aliphatic rings. The first-order valence-electron chi connectivity index (χ1n) is 3.12. The molecule has 1 fully saturated rings. The van der Waals surface area contributed by atoms with E-state index >= 15 is 0 Å². The first-order chi connectivity index (χ1) is 4.12. The van der Waals surface area contributed by atoms with E-state index in [1.807, 2.05) is 0 Å². The Morgan fingerprint density at radius 2 is 2.44 bits per heavy atom. The van der Waals surface area contributed by atoms with Gasteiger partial charge in [-0.25, -0.2) is 0 Å². The van der Waals surface area contributed by atoms with Gasteiger partial charge in [0.15, 0.2) is 0 Å². The summed E-state index contributed by atoms with van der Waals surface area (Å²) in [6.45, 7) is 5.39. The van der Waals surface area contributed by atoms with Gasteiger partial charge in [0.2, 0.25) is 5.91 Å². The predicted octanol–water partition coefficient (Wildman–Crippen LogP) is -0.516. The van der Waals surface area contributed by atoms with Crippen molar-refractivity contribution in [2.45, 2.75) is 19.4 Å². The van der Waals surface area contributed by atoms with Crippen molar-refractivity contribution in [3.63, 3.8) is 0 Å². The fourth-order valence-electron chi connectivity index (χ4n) is 0.595. The average Bonchev–Trinajstić information content (AvgIpc) is 2.45. The topological polar surface area (TPSA) is 51.0 Å². The lowest BCUT2D eigenvalue weighted by atomic mass is 10.2. The summed E-state index contributed by atoms with van der Waals surface area (Å²) in [5, 5.41) is 5.90. The largest absolute Gasteiger partial charge is 0.354 e. The van der Waals surface area contributed by atoms with Crippen molar-refractivity contribution < 1.29 is 4.79 Å². The van der Waals surface area contributed by atoms with E-state index in [-0.39, 0.29) is 11.4 Å². The SMILES string of the molecule is CC(=O)NCC1(C)CN1. The standard InChI is InChI=1S/C6H12N2O/c1-5(9)7-3-6(2)4-8-6/h8H,3-4H2,1-2H3,(H,7,9). The van der Waals surface area contributed by atoms with Crippen LogP contribution in [0.4, 0.5) is 0 Å². The molecule has 3 nitrogen and oxygen atoms in total. The Labute approximate surface area is 54.8 Å². The molecule has 1 heterocycles. The number of hydrogen-bond acceptors (Lipinski definition) is 2. The Balaban J connectivity index is 2.12. The van der Waals surface area contributed by atoms with Crippen molar-refractivity contribution in [1.29, 1.82) is 0 Å². The molecule has 0 aromatic carbocycles. The van der Waals surface area contributed by atoms with Crippen LogP contribution >= 0.6 is 0 Å². The van der Waals surface area contributed by atoms with Crippen molar-refractivity contribution in [2.75, 3.05) is 13.1 Å². The van der Waals surface area contributed by atoms with Crippen LogP contribution in [0.15, 0.2) is 0 Å². The minimum atomic E-state index is 0.0462. The number of hydrogen-bond donors (Lipinski definition) is 2. The zero-order valence-electron chi connectivity index (χ0n) is 5.82. The second kappa shape index (κ2) is 1.99. The Kier molecular flexibility index (Phi) is 1.45. The third kappa shape index (κ3) is 2.01. The minimum Gasteiger partial charge on any atom is -0.354 e. The molecule has 0 saturated carbocycles. The van der Waals surface area contributed by atoms with E-state index in [0.29, 0.717) is 0 Å². The number of carbonyl (C=O) groups is 1. The highest BCUT2D eigenvalue weighted by Gasteiger charge is 2.35. The Bertz CT molecular complexity index is 129. The average molecular weight is 128 g/mol. The van der Waals surface area contributed by atoms with Crippen LogP contribution in [0.3, 0.4) is 0 Å². The van der Waals surface area contributed by atoms with E-state index in [9.17, 15) is 4.79 Å². The Hall–Kier alpha value is -0.570. The molecule has 1 aliphatic heterocycles. The van der Waals surface area contributed by atoms with Crippen LogP contribution in [-0.2, 0) is 4.79 Å². The fourth-order valence-corrected chi connectivity index (χ4v) is 0.595. The second-order valence-electron chi connectivity index (χ2n) is 2.82. The van der Waals surface area contributed by atoms with Crippen molar-refractivity contribution in [2.24, 2.45) is 0 Å². The van der Waals surface area contributed by atoms with Crippen molar-refractivity contribution in [3.8, 4) is 0 Å². The minimum absolute atomic E-state index is 0.0462. The third-order valence-electron chi connectivity index (χ3n) is 1.51. The molecule has 52 valence electrons. The van der Waals surface area contributed by atoms with Gasteiger partial charge in [-0.05, 0) is 6.92 Å². The van der Waals surface area contributed by atoms with E-state index in [1.54, 1.807) is 0 Å². The summed E-state index contributed by atoms with van der Waals surface area (Å²) in [6, 6.07) is 0. The number of nitrogens with one attached hydrogen (secondary N) is 2. The molecule has 1 rings (SSSR count). The molecular formula is C6H12N2O. The van der Waals surface area contributed by atoms with Crippen LogP contribution < -0.4 is 10.6 Å². The monoisotopic (exact) mass is 128 g/mol. The molecule has 1 saturated heterocycles. The predicted molar refractivity (Wildman–Crippen MR) is 35.1 cm³/mol. The summed E-state index contributed by atoms with van der Waals surface area (Å²) in [6.07, 6.45) is 0. The molecule has 0 spiro atoms. The van der Waals surface area contributed by atoms with Crippen LogP contribution in [0.5, 0.6) is 0 Å². The number of amides is 1. The van der Waals surface area contributed by atoms with Crippen LogP contribution in [0.1, 0.15) is 13.8 Å². The molecular weight excluding hydrogens is 116 g/mol. The van der Waals surface area contributed by atoms with Gasteiger partial charge in [-0.1, -0.05) is 0 Å². The first-order valence-corrected chi connectivity index (χ1v) is 3.12. The van der Waals surface area contributed by atoms with Gasteiger partial charge in [-0.2, -0.15) is 0 Å². The zero-order valence-corrected chi connectivity index (χ0v) is 5.82. The van der Waals surface area contributed by atoms with Gasteiger partial charge in [0.1, 0.15) is 0 Å². The van der Waals surface area contributed by atoms with E-state index in [0.717, 1.165) is 13.1 Å². The third-order valence-corrected chi connectivity index (χ3v) is 1.51. The normalized spacial score (nSPS) is 31.8. The molecule has 3 heteroatoms. The van der Waals surface area contributed by atoms with Gasteiger partial charge in [0.25, 0.3) is 0 Å². The second-order valence-corrected chi connectivity index (χ2v) is 2.82. The highest BCUT2D eigenvalue weighted by molar-refractivity contribution is 5.72. The quantitative estimate of drug-likeness (QED) is 0.492. The summed E-state index contributed by atoms with van der Waals surface area (Å²) in [5.41, 5.74) is 0.200. The molecule has 0 radical (unpaired) electrons. The Morgan fingerprint density at radius 3 is 2.78 bits per heavy atom. The van der Waals surface area contributed by atoms with Crippen LogP contribution in [-0.4, -0.2) is 24.5 Å². The maximum absolute atomic E-state index is 10.4. The summed E-state index contributed by atoms with van der Waals surface area (Å²) >= 11 is 0. The van der Waals surface area contributed by atoms with E-state index in [1.165, 1.54) is 6.92 Å². The zero-order chi connectivity index (χ0) is 6.91. The van der Waals surface area contributed by atoms with E-state index in [2.05, 4.69) is 17.6 Å². The van der Waals surface area contributed by atoms with Crippen LogP contribution in [0.25, 0.3) is 0 Å². The first kappa shape index (κ1) is 6.55. The molecule has 0 bridgehead atoms. The summed E-state index contributed by atoms with van der Waals surface area (Å²) in [5.74, 6) is 0.0462. The van der Waals surface area contributed by atoms with Crippen molar-refractivity contribution in [1.82, 2.24) is 10.6 Å². The summed E-state index contributed by atoms with van der Waals surface area (Å²) in [4.78, 5) is 10.4. The Morgan fingerprint density at radius 1 is 1.89 bits per heavy atom. The smallest absolute Gasteiger partial charge is 0.216 e. The lowest BCUT2D eigenvalue weighted by molar-refractivity contribution is -0.119. The molecule has 0 aromatic heterocycles. The van der Waals surface area contributed by atoms with Gasteiger partial charge < -0.3 is 10.6 Å². The molecule has 2 N–H and O–H groups in total. The summed E-state index contributed by atoms with van der Waals surface area (Å²) < 4.78 is 0. The molecule has 0 aromatic rings. The maximum atomic E-state index is 10.4.